The molecule has 3 heteroatoms. The first-order valence-electron chi connectivity index (χ1n) is 3.87. The highest BCUT2D eigenvalue weighted by Gasteiger charge is 2.32. The van der Waals surface area contributed by atoms with Gasteiger partial charge < -0.3 is 9.03 Å². The molecule has 0 saturated heterocycles. The summed E-state index contributed by atoms with van der Waals surface area (Å²) < 4.78 is 9.87. The molecule has 1 rings (SSSR count). The Bertz CT molecular complexity index is 141. The average molecular weight is 177 g/mol. The lowest BCUT2D eigenvalue weighted by atomic mass is 9.81. The van der Waals surface area contributed by atoms with Gasteiger partial charge in [0.25, 0.3) is 0 Å². The van der Waals surface area contributed by atoms with Gasteiger partial charge in [0, 0.05) is 12.5 Å². The summed E-state index contributed by atoms with van der Waals surface area (Å²) in [7, 11) is 0. The predicted octanol–water partition coefficient (Wildman–Crippen LogP) is 2.49. The molecule has 1 saturated carbocycles. The number of rotatable bonds is 4. The first-order chi connectivity index (χ1) is 5.27. The van der Waals surface area contributed by atoms with Crippen molar-refractivity contribution in [1.29, 1.82) is 0 Å². The van der Waals surface area contributed by atoms with Crippen molar-refractivity contribution in [2.45, 2.75) is 25.9 Å². The molecule has 2 nitrogen and oxygen atoms in total. The lowest BCUT2D eigenvalue weighted by Crippen LogP contribution is -2.32. The summed E-state index contributed by atoms with van der Waals surface area (Å²) in [4.78, 5) is 0. The van der Waals surface area contributed by atoms with E-state index in [4.69, 9.17) is 16.6 Å². The van der Waals surface area contributed by atoms with Gasteiger partial charge in [-0.05, 0) is 19.8 Å². The largest absolute Gasteiger partial charge is 0.390 e. The fourth-order valence-electron chi connectivity index (χ4n) is 1.26. The van der Waals surface area contributed by atoms with Gasteiger partial charge in [-0.3, -0.25) is 0 Å². The maximum atomic E-state index is 5.36. The van der Waals surface area contributed by atoms with Crippen LogP contribution in [0.25, 0.3) is 0 Å². The summed E-state index contributed by atoms with van der Waals surface area (Å²) >= 11 is 5.14. The van der Waals surface area contributed by atoms with Gasteiger partial charge in [0.1, 0.15) is 17.6 Å². The Morgan fingerprint density at radius 2 is 2.27 bits per heavy atom. The van der Waals surface area contributed by atoms with Crippen LogP contribution in [0.5, 0.6) is 0 Å². The minimum atomic E-state index is 0.397. The van der Waals surface area contributed by atoms with Crippen LogP contribution in [0, 0.1) is 5.92 Å². The third kappa shape index (κ3) is 2.11. The van der Waals surface area contributed by atoms with Crippen LogP contribution in [0.15, 0.2) is 12.3 Å². The fourth-order valence-corrected chi connectivity index (χ4v) is 1.39. The molecule has 0 bridgehead atoms. The summed E-state index contributed by atoms with van der Waals surface area (Å²) in [6, 6.07) is 0. The van der Waals surface area contributed by atoms with Crippen LogP contribution in [0.2, 0.25) is 0 Å². The first-order valence-corrected chi connectivity index (χ1v) is 4.17. The van der Waals surface area contributed by atoms with Gasteiger partial charge in [0.2, 0.25) is 0 Å². The van der Waals surface area contributed by atoms with Crippen LogP contribution in [0.4, 0.5) is 0 Å². The summed E-state index contributed by atoms with van der Waals surface area (Å²) in [6.07, 6.45) is 2.40. The molecule has 0 atom stereocenters. The van der Waals surface area contributed by atoms with Gasteiger partial charge in [0.15, 0.2) is 0 Å². The van der Waals surface area contributed by atoms with E-state index in [-0.39, 0.29) is 0 Å². The molecule has 0 aromatic rings. The zero-order chi connectivity index (χ0) is 8.27. The molecule has 1 aliphatic carbocycles. The highest BCUT2D eigenvalue weighted by molar-refractivity contribution is 6.08. The van der Waals surface area contributed by atoms with Gasteiger partial charge in [-0.1, -0.05) is 6.58 Å². The van der Waals surface area contributed by atoms with Crippen molar-refractivity contribution in [1.82, 2.24) is 0 Å². The zero-order valence-corrected chi connectivity index (χ0v) is 7.43. The Balaban J connectivity index is 2.13. The van der Waals surface area contributed by atoms with Crippen molar-refractivity contribution in [2.24, 2.45) is 5.92 Å². The van der Waals surface area contributed by atoms with Crippen LogP contribution in [-0.2, 0) is 9.03 Å². The molecule has 0 N–H and O–H groups in total. The predicted molar refractivity (Wildman–Crippen MR) is 44.2 cm³/mol. The normalized spacial score (nSPS) is 29.3. The Kier molecular flexibility index (Phi) is 3.21. The van der Waals surface area contributed by atoms with E-state index in [9.17, 15) is 0 Å². The van der Waals surface area contributed by atoms with E-state index in [1.165, 1.54) is 0 Å². The number of hydrogen-bond donors (Lipinski definition) is 0. The molecule has 0 unspecified atom stereocenters. The zero-order valence-electron chi connectivity index (χ0n) is 6.68. The summed E-state index contributed by atoms with van der Waals surface area (Å²) in [5.74, 6) is 1.08. The molecule has 0 spiro atoms. The smallest absolute Gasteiger partial charge is 0.134 e. The van der Waals surface area contributed by atoms with Crippen LogP contribution in [-0.4, -0.2) is 12.7 Å². The molecule has 11 heavy (non-hydrogen) atoms. The number of halogens is 1. The first kappa shape index (κ1) is 8.88. The van der Waals surface area contributed by atoms with Crippen molar-refractivity contribution < 1.29 is 9.03 Å². The third-order valence-corrected chi connectivity index (χ3v) is 2.25. The SMILES string of the molecule is C=C(OCl)C1CC(OCC)C1. The van der Waals surface area contributed by atoms with E-state index in [0.29, 0.717) is 17.8 Å². The minimum Gasteiger partial charge on any atom is -0.390 e. The van der Waals surface area contributed by atoms with Gasteiger partial charge in [-0.15, -0.1) is 0 Å². The maximum absolute atomic E-state index is 5.36. The lowest BCUT2D eigenvalue weighted by molar-refractivity contribution is -0.0218. The molecular weight excluding hydrogens is 164 g/mol. The second kappa shape index (κ2) is 3.98. The molecular formula is C8H13ClO2. The highest BCUT2D eigenvalue weighted by Crippen LogP contribution is 2.35. The second-order valence-corrected chi connectivity index (χ2v) is 2.94. The van der Waals surface area contributed by atoms with E-state index in [1.54, 1.807) is 0 Å². The van der Waals surface area contributed by atoms with Crippen molar-refractivity contribution in [2.75, 3.05) is 6.61 Å². The van der Waals surface area contributed by atoms with Gasteiger partial charge >= 0.3 is 0 Å². The molecule has 64 valence electrons. The van der Waals surface area contributed by atoms with E-state index in [2.05, 4.69) is 10.9 Å². The molecule has 0 aromatic carbocycles. The molecule has 0 radical (unpaired) electrons. The van der Waals surface area contributed by atoms with Crippen LogP contribution in [0.3, 0.4) is 0 Å². The topological polar surface area (TPSA) is 18.5 Å². The molecule has 0 aromatic heterocycles. The average Bonchev–Trinajstić information content (AvgIpc) is 1.94. The van der Waals surface area contributed by atoms with Crippen molar-refractivity contribution in [3.8, 4) is 0 Å². The minimum absolute atomic E-state index is 0.397. The van der Waals surface area contributed by atoms with Gasteiger partial charge in [-0.2, -0.15) is 0 Å². The van der Waals surface area contributed by atoms with E-state index >= 15 is 0 Å². The summed E-state index contributed by atoms with van der Waals surface area (Å²) in [6.45, 7) is 6.46. The summed E-state index contributed by atoms with van der Waals surface area (Å²) in [5, 5.41) is 0. The molecule has 1 aliphatic rings. The standard InChI is InChI=1S/C8H13ClO2/c1-3-10-8-4-7(5-8)6(2)11-9/h7-8H,2-5H2,1H3. The van der Waals surface area contributed by atoms with Gasteiger partial charge in [-0.25, -0.2) is 0 Å². The van der Waals surface area contributed by atoms with Crippen LogP contribution >= 0.6 is 11.9 Å². The number of allylic oxidation sites excluding steroid dienone is 1. The van der Waals surface area contributed by atoms with E-state index in [0.717, 1.165) is 19.4 Å². The number of ether oxygens (including phenoxy) is 1. The fraction of sp³-hybridized carbons (Fsp3) is 0.750. The number of hydrogen-bond acceptors (Lipinski definition) is 2. The van der Waals surface area contributed by atoms with Crippen molar-refractivity contribution in [3.63, 3.8) is 0 Å². The Hall–Kier alpha value is -0.210. The second-order valence-electron chi connectivity index (χ2n) is 2.79. The quantitative estimate of drug-likeness (QED) is 0.613. The lowest BCUT2D eigenvalue weighted by Gasteiger charge is -2.34. The monoisotopic (exact) mass is 176 g/mol. The van der Waals surface area contributed by atoms with Crippen molar-refractivity contribution in [3.05, 3.63) is 12.3 Å². The summed E-state index contributed by atoms with van der Waals surface area (Å²) in [5.41, 5.74) is 0. The Labute approximate surface area is 72.3 Å². The molecule has 0 amide bonds. The molecule has 0 heterocycles. The Morgan fingerprint density at radius 1 is 1.64 bits per heavy atom. The molecule has 1 fully saturated rings. The van der Waals surface area contributed by atoms with E-state index < -0.39 is 0 Å². The van der Waals surface area contributed by atoms with Crippen LogP contribution in [0.1, 0.15) is 19.8 Å². The van der Waals surface area contributed by atoms with Gasteiger partial charge in [0.05, 0.1) is 6.10 Å². The molecule has 0 aliphatic heterocycles. The van der Waals surface area contributed by atoms with Crippen LogP contribution < -0.4 is 0 Å². The third-order valence-electron chi connectivity index (χ3n) is 2.05. The van der Waals surface area contributed by atoms with E-state index in [1.807, 2.05) is 6.92 Å². The van der Waals surface area contributed by atoms with Crippen molar-refractivity contribution >= 4 is 11.9 Å². The highest BCUT2D eigenvalue weighted by atomic mass is 35.5. The Morgan fingerprint density at radius 3 is 2.73 bits per heavy atom. The maximum Gasteiger partial charge on any atom is 0.134 e.